The summed E-state index contributed by atoms with van der Waals surface area (Å²) in [6.45, 7) is 0. The molecule has 1 rings (SSSR count). The SMILES string of the molecule is CNc1ccc(C(F)F)c(F)c1.Cl. The van der Waals surface area contributed by atoms with E-state index in [1.54, 1.807) is 7.05 Å². The first-order chi connectivity index (χ1) is 5.65. The fraction of sp³-hybridized carbons (Fsp3) is 0.250. The maximum atomic E-state index is 12.8. The minimum atomic E-state index is -2.75. The van der Waals surface area contributed by atoms with Crippen LogP contribution in [0.1, 0.15) is 12.0 Å². The van der Waals surface area contributed by atoms with Gasteiger partial charge >= 0.3 is 0 Å². The fourth-order valence-electron chi connectivity index (χ4n) is 0.860. The van der Waals surface area contributed by atoms with E-state index in [1.807, 2.05) is 0 Å². The summed E-state index contributed by atoms with van der Waals surface area (Å²) in [6.07, 6.45) is -2.75. The molecule has 1 nitrogen and oxygen atoms in total. The van der Waals surface area contributed by atoms with Gasteiger partial charge in [-0.1, -0.05) is 0 Å². The van der Waals surface area contributed by atoms with Gasteiger partial charge < -0.3 is 5.32 Å². The Morgan fingerprint density at radius 3 is 2.31 bits per heavy atom. The van der Waals surface area contributed by atoms with Crippen LogP contribution in [0.5, 0.6) is 0 Å². The lowest BCUT2D eigenvalue weighted by atomic mass is 10.2. The van der Waals surface area contributed by atoms with E-state index < -0.39 is 17.8 Å². The predicted molar refractivity (Wildman–Crippen MR) is 48.2 cm³/mol. The van der Waals surface area contributed by atoms with Crippen LogP contribution in [0, 0.1) is 5.82 Å². The van der Waals surface area contributed by atoms with Crippen LogP contribution in [-0.2, 0) is 0 Å². The lowest BCUT2D eigenvalue weighted by molar-refractivity contribution is 0.146. The third kappa shape index (κ3) is 2.81. The lowest BCUT2D eigenvalue weighted by Crippen LogP contribution is -1.93. The number of halogens is 4. The van der Waals surface area contributed by atoms with E-state index in [4.69, 9.17) is 0 Å². The molecule has 0 unspecified atom stereocenters. The number of rotatable bonds is 2. The van der Waals surface area contributed by atoms with E-state index in [2.05, 4.69) is 5.32 Å². The molecule has 0 bridgehead atoms. The molecule has 13 heavy (non-hydrogen) atoms. The van der Waals surface area contributed by atoms with Gasteiger partial charge in [0.1, 0.15) is 5.82 Å². The summed E-state index contributed by atoms with van der Waals surface area (Å²) in [5.41, 5.74) is -0.0779. The molecule has 0 fully saturated rings. The summed E-state index contributed by atoms with van der Waals surface area (Å²) in [5, 5.41) is 2.65. The molecule has 0 saturated carbocycles. The first-order valence-electron chi connectivity index (χ1n) is 3.40. The topological polar surface area (TPSA) is 12.0 Å². The van der Waals surface area contributed by atoms with Crippen molar-refractivity contribution in [3.63, 3.8) is 0 Å². The average molecular weight is 212 g/mol. The summed E-state index contributed by atoms with van der Waals surface area (Å²) >= 11 is 0. The van der Waals surface area contributed by atoms with Gasteiger partial charge in [0, 0.05) is 12.7 Å². The normalized spacial score (nSPS) is 9.62. The van der Waals surface area contributed by atoms with Crippen molar-refractivity contribution in [2.75, 3.05) is 12.4 Å². The van der Waals surface area contributed by atoms with Crippen LogP contribution in [0.15, 0.2) is 18.2 Å². The molecule has 0 aromatic heterocycles. The highest BCUT2D eigenvalue weighted by atomic mass is 35.5. The minimum Gasteiger partial charge on any atom is -0.388 e. The quantitative estimate of drug-likeness (QED) is 0.792. The van der Waals surface area contributed by atoms with Gasteiger partial charge in [-0.05, 0) is 18.2 Å². The van der Waals surface area contributed by atoms with E-state index in [0.717, 1.165) is 12.1 Å². The predicted octanol–water partition coefficient (Wildman–Crippen LogP) is 3.23. The molecule has 1 N–H and O–H groups in total. The molecule has 0 aliphatic carbocycles. The fourth-order valence-corrected chi connectivity index (χ4v) is 0.860. The molecule has 5 heteroatoms. The van der Waals surface area contributed by atoms with Crippen molar-refractivity contribution < 1.29 is 13.2 Å². The number of nitrogens with one attached hydrogen (secondary N) is 1. The third-order valence-corrected chi connectivity index (χ3v) is 1.52. The van der Waals surface area contributed by atoms with E-state index in [-0.39, 0.29) is 12.4 Å². The zero-order chi connectivity index (χ0) is 9.14. The van der Waals surface area contributed by atoms with Gasteiger partial charge in [0.25, 0.3) is 6.43 Å². The highest BCUT2D eigenvalue weighted by Gasteiger charge is 2.12. The van der Waals surface area contributed by atoms with Crippen LogP contribution in [0.2, 0.25) is 0 Å². The summed E-state index contributed by atoms with van der Waals surface area (Å²) < 4.78 is 36.8. The van der Waals surface area contributed by atoms with E-state index in [0.29, 0.717) is 5.69 Å². The van der Waals surface area contributed by atoms with Crippen LogP contribution < -0.4 is 5.32 Å². The zero-order valence-corrected chi connectivity index (χ0v) is 7.67. The van der Waals surface area contributed by atoms with Gasteiger partial charge in [0.15, 0.2) is 0 Å². The van der Waals surface area contributed by atoms with Crippen molar-refractivity contribution in [1.82, 2.24) is 0 Å². The van der Waals surface area contributed by atoms with Crippen molar-refractivity contribution >= 4 is 18.1 Å². The van der Waals surface area contributed by atoms with E-state index in [1.165, 1.54) is 6.07 Å². The summed E-state index contributed by atoms with van der Waals surface area (Å²) in [6, 6.07) is 3.53. The smallest absolute Gasteiger partial charge is 0.266 e. The van der Waals surface area contributed by atoms with Crippen molar-refractivity contribution in [2.45, 2.75) is 6.43 Å². The Bertz CT molecular complexity index is 278. The summed E-state index contributed by atoms with van der Waals surface area (Å²) in [4.78, 5) is 0. The molecule has 0 amide bonds. The summed E-state index contributed by atoms with van der Waals surface area (Å²) in [5.74, 6) is -0.878. The van der Waals surface area contributed by atoms with Crippen molar-refractivity contribution in [3.05, 3.63) is 29.6 Å². The average Bonchev–Trinajstić information content (AvgIpc) is 2.03. The number of anilines is 1. The van der Waals surface area contributed by atoms with Crippen LogP contribution in [0.25, 0.3) is 0 Å². The van der Waals surface area contributed by atoms with Crippen LogP contribution in [0.3, 0.4) is 0 Å². The van der Waals surface area contributed by atoms with Gasteiger partial charge in [0.05, 0.1) is 5.56 Å². The first-order valence-corrected chi connectivity index (χ1v) is 3.40. The molecule has 1 aromatic carbocycles. The van der Waals surface area contributed by atoms with Crippen LogP contribution >= 0.6 is 12.4 Å². The Labute approximate surface area is 80.4 Å². The second-order valence-corrected chi connectivity index (χ2v) is 2.29. The van der Waals surface area contributed by atoms with Crippen molar-refractivity contribution in [1.29, 1.82) is 0 Å². The molecule has 0 heterocycles. The molecular weight excluding hydrogens is 203 g/mol. The Kier molecular flexibility index (Phi) is 4.62. The van der Waals surface area contributed by atoms with Gasteiger partial charge in [-0.15, -0.1) is 12.4 Å². The Hall–Kier alpha value is -0.900. The number of benzene rings is 1. The van der Waals surface area contributed by atoms with Gasteiger partial charge in [-0.3, -0.25) is 0 Å². The molecule has 1 aromatic rings. The second-order valence-electron chi connectivity index (χ2n) is 2.29. The zero-order valence-electron chi connectivity index (χ0n) is 6.85. The minimum absolute atomic E-state index is 0. The number of alkyl halides is 2. The van der Waals surface area contributed by atoms with Crippen LogP contribution in [0.4, 0.5) is 18.9 Å². The van der Waals surface area contributed by atoms with Crippen LogP contribution in [-0.4, -0.2) is 7.05 Å². The molecule has 0 radical (unpaired) electrons. The standard InChI is InChI=1S/C8H8F3N.ClH/c1-12-5-2-3-6(8(10)11)7(9)4-5;/h2-4,8,12H,1H3;1H. The maximum Gasteiger partial charge on any atom is 0.266 e. The lowest BCUT2D eigenvalue weighted by Gasteiger charge is -2.03. The first kappa shape index (κ1) is 12.1. The Morgan fingerprint density at radius 1 is 1.31 bits per heavy atom. The van der Waals surface area contributed by atoms with Gasteiger partial charge in [-0.25, -0.2) is 13.2 Å². The number of hydrogen-bond donors (Lipinski definition) is 1. The largest absolute Gasteiger partial charge is 0.388 e. The van der Waals surface area contributed by atoms with Crippen molar-refractivity contribution in [2.24, 2.45) is 0 Å². The van der Waals surface area contributed by atoms with Gasteiger partial charge in [0.2, 0.25) is 0 Å². The Balaban J connectivity index is 0.00000144. The van der Waals surface area contributed by atoms with E-state index in [9.17, 15) is 13.2 Å². The van der Waals surface area contributed by atoms with E-state index >= 15 is 0 Å². The monoisotopic (exact) mass is 211 g/mol. The van der Waals surface area contributed by atoms with Crippen molar-refractivity contribution in [3.8, 4) is 0 Å². The third-order valence-electron chi connectivity index (χ3n) is 1.52. The van der Waals surface area contributed by atoms with Gasteiger partial charge in [-0.2, -0.15) is 0 Å². The molecule has 0 atom stereocenters. The second kappa shape index (κ2) is 4.97. The highest BCUT2D eigenvalue weighted by molar-refractivity contribution is 5.85. The molecule has 0 aliphatic rings. The highest BCUT2D eigenvalue weighted by Crippen LogP contribution is 2.23. The Morgan fingerprint density at radius 2 is 1.92 bits per heavy atom. The summed E-state index contributed by atoms with van der Waals surface area (Å²) in [7, 11) is 1.59. The molecular formula is C8H9ClF3N. The maximum absolute atomic E-state index is 12.8. The molecule has 0 saturated heterocycles. The molecule has 0 spiro atoms. The number of hydrogen-bond acceptors (Lipinski definition) is 1. The molecule has 0 aliphatic heterocycles. The molecule has 74 valence electrons.